The molecule has 4 atom stereocenters. The molecule has 0 radical (unpaired) electrons. The Morgan fingerprint density at radius 2 is 1.44 bits per heavy atom. The molecule has 1 aromatic carbocycles. The Labute approximate surface area is 152 Å². The molecule has 4 rings (SSSR count). The normalized spacial score (nSPS) is 32.7. The summed E-state index contributed by atoms with van der Waals surface area (Å²) in [6.45, 7) is 2.11. The van der Waals surface area contributed by atoms with Crippen molar-refractivity contribution in [3.8, 4) is 0 Å². The molecule has 0 heterocycles. The summed E-state index contributed by atoms with van der Waals surface area (Å²) in [7, 11) is 6.47. The number of amides is 1. The summed E-state index contributed by atoms with van der Waals surface area (Å²) in [6, 6.07) is 9.82. The minimum absolute atomic E-state index is 0.216. The van der Waals surface area contributed by atoms with E-state index >= 15 is 0 Å². The van der Waals surface area contributed by atoms with Crippen LogP contribution in [0, 0.1) is 18.8 Å². The zero-order valence-corrected chi connectivity index (χ0v) is 16.2. The predicted molar refractivity (Wildman–Crippen MR) is 102 cm³/mol. The third-order valence-corrected chi connectivity index (χ3v) is 7.33. The molecule has 0 N–H and O–H groups in total. The van der Waals surface area contributed by atoms with Crippen molar-refractivity contribution in [3.63, 3.8) is 0 Å². The molecule has 3 heteroatoms. The van der Waals surface area contributed by atoms with Gasteiger partial charge in [-0.3, -0.25) is 4.79 Å². The predicted octanol–water partition coefficient (Wildman–Crippen LogP) is 3.60. The van der Waals surface area contributed by atoms with Gasteiger partial charge in [0.05, 0.1) is 5.41 Å². The average molecular weight is 341 g/mol. The monoisotopic (exact) mass is 340 g/mol. The number of aryl methyl sites for hydroxylation is 1. The van der Waals surface area contributed by atoms with Gasteiger partial charge in [0.25, 0.3) is 0 Å². The van der Waals surface area contributed by atoms with Gasteiger partial charge in [0.2, 0.25) is 5.91 Å². The molecule has 25 heavy (non-hydrogen) atoms. The van der Waals surface area contributed by atoms with Gasteiger partial charge in [0.15, 0.2) is 0 Å². The molecule has 136 valence electrons. The number of rotatable bonds is 4. The molecule has 1 aromatic rings. The van der Waals surface area contributed by atoms with Gasteiger partial charge < -0.3 is 9.80 Å². The van der Waals surface area contributed by atoms with Gasteiger partial charge in [-0.25, -0.2) is 0 Å². The van der Waals surface area contributed by atoms with E-state index in [0.29, 0.717) is 11.9 Å². The number of fused-ring (bicyclic) bond motifs is 1. The van der Waals surface area contributed by atoms with Crippen molar-refractivity contribution in [3.05, 3.63) is 35.4 Å². The lowest BCUT2D eigenvalue weighted by Gasteiger charge is -2.30. The van der Waals surface area contributed by atoms with E-state index in [1.807, 2.05) is 0 Å². The van der Waals surface area contributed by atoms with E-state index in [9.17, 15) is 4.79 Å². The van der Waals surface area contributed by atoms with Gasteiger partial charge in [0, 0.05) is 19.1 Å². The van der Waals surface area contributed by atoms with Crippen LogP contribution in [-0.4, -0.2) is 48.9 Å². The van der Waals surface area contributed by atoms with E-state index in [1.54, 1.807) is 0 Å². The van der Waals surface area contributed by atoms with Crippen molar-refractivity contribution < 1.29 is 4.79 Å². The minimum atomic E-state index is -0.216. The first-order valence-corrected chi connectivity index (χ1v) is 9.91. The number of carbonyl (C=O) groups excluding carboxylic acids is 1. The van der Waals surface area contributed by atoms with E-state index in [1.165, 1.54) is 36.8 Å². The van der Waals surface area contributed by atoms with Crippen LogP contribution < -0.4 is 0 Å². The molecule has 3 aliphatic carbocycles. The van der Waals surface area contributed by atoms with Crippen molar-refractivity contribution in [2.45, 2.75) is 62.9 Å². The fourth-order valence-electron chi connectivity index (χ4n) is 5.42. The smallest absolute Gasteiger partial charge is 0.233 e. The van der Waals surface area contributed by atoms with E-state index in [0.717, 1.165) is 30.7 Å². The van der Waals surface area contributed by atoms with Gasteiger partial charge >= 0.3 is 0 Å². The number of likely N-dealkylation sites (N-methyl/N-ethyl adjacent to an activating group) is 1. The molecule has 2 unspecified atom stereocenters. The Bertz CT molecular complexity index is 632. The summed E-state index contributed by atoms with van der Waals surface area (Å²) >= 11 is 0. The van der Waals surface area contributed by atoms with Crippen molar-refractivity contribution in [1.82, 2.24) is 9.80 Å². The summed E-state index contributed by atoms with van der Waals surface area (Å²) in [6.07, 6.45) is 7.09. The highest BCUT2D eigenvalue weighted by Gasteiger charge is 2.54. The number of hydrogen-bond donors (Lipinski definition) is 0. The van der Waals surface area contributed by atoms with Gasteiger partial charge in [-0.15, -0.1) is 0 Å². The number of carbonyl (C=O) groups is 1. The van der Waals surface area contributed by atoms with Crippen molar-refractivity contribution in [2.75, 3.05) is 21.1 Å². The SMILES string of the molecule is Cc1ccc(C2(C(=O)N(C)C3C[C@H]4CC(N(C)C)C[C@H]4C3)CC2)cc1. The first-order valence-electron chi connectivity index (χ1n) is 9.91. The lowest BCUT2D eigenvalue weighted by molar-refractivity contribution is -0.134. The Balaban J connectivity index is 1.43. The van der Waals surface area contributed by atoms with Crippen LogP contribution in [0.25, 0.3) is 0 Å². The summed E-state index contributed by atoms with van der Waals surface area (Å²) in [5.74, 6) is 2.01. The highest BCUT2D eigenvalue weighted by atomic mass is 16.2. The zero-order valence-electron chi connectivity index (χ0n) is 16.2. The summed E-state index contributed by atoms with van der Waals surface area (Å²) in [4.78, 5) is 17.8. The van der Waals surface area contributed by atoms with Crippen molar-refractivity contribution in [2.24, 2.45) is 11.8 Å². The maximum Gasteiger partial charge on any atom is 0.233 e. The molecule has 0 saturated heterocycles. The lowest BCUT2D eigenvalue weighted by Crippen LogP contribution is -2.42. The Morgan fingerprint density at radius 1 is 0.920 bits per heavy atom. The van der Waals surface area contributed by atoms with Gasteiger partial charge in [-0.2, -0.15) is 0 Å². The maximum absolute atomic E-state index is 13.3. The highest BCUT2D eigenvalue weighted by Crippen LogP contribution is 2.52. The minimum Gasteiger partial charge on any atom is -0.342 e. The van der Waals surface area contributed by atoms with E-state index in [-0.39, 0.29) is 5.41 Å². The first kappa shape index (κ1) is 17.1. The van der Waals surface area contributed by atoms with Crippen LogP contribution in [0.3, 0.4) is 0 Å². The average Bonchev–Trinajstić information content (AvgIpc) is 3.14. The second kappa shape index (κ2) is 6.12. The largest absolute Gasteiger partial charge is 0.342 e. The fraction of sp³-hybridized carbons (Fsp3) is 0.682. The van der Waals surface area contributed by atoms with Crippen molar-refractivity contribution >= 4 is 5.91 Å². The molecule has 3 saturated carbocycles. The molecule has 3 fully saturated rings. The van der Waals surface area contributed by atoms with Crippen LogP contribution in [0.5, 0.6) is 0 Å². The van der Waals surface area contributed by atoms with E-state index in [4.69, 9.17) is 0 Å². The highest BCUT2D eigenvalue weighted by molar-refractivity contribution is 5.91. The Kier molecular flexibility index (Phi) is 4.18. The van der Waals surface area contributed by atoms with Crippen LogP contribution in [0.4, 0.5) is 0 Å². The van der Waals surface area contributed by atoms with Crippen LogP contribution >= 0.6 is 0 Å². The summed E-state index contributed by atoms with van der Waals surface area (Å²) in [5, 5.41) is 0. The lowest BCUT2D eigenvalue weighted by atomic mass is 9.92. The fourth-order valence-corrected chi connectivity index (χ4v) is 5.42. The standard InChI is InChI=1S/C22H32N2O/c1-15-5-7-18(8-6-15)22(9-10-22)21(25)24(4)20-13-16-11-19(23(2)3)12-17(16)14-20/h5-8,16-17,19-20H,9-14H2,1-4H3/t16-,17+,19?,20?. The first-order chi connectivity index (χ1) is 11.9. The molecule has 0 aliphatic heterocycles. The van der Waals surface area contributed by atoms with Crippen LogP contribution in [0.1, 0.15) is 49.7 Å². The second-order valence-electron chi connectivity index (χ2n) is 9.10. The molecular formula is C22H32N2O. The third kappa shape index (κ3) is 2.91. The van der Waals surface area contributed by atoms with Gasteiger partial charge in [-0.1, -0.05) is 29.8 Å². The molecular weight excluding hydrogens is 308 g/mol. The van der Waals surface area contributed by atoms with Crippen LogP contribution in [0.15, 0.2) is 24.3 Å². The summed E-state index contributed by atoms with van der Waals surface area (Å²) in [5.41, 5.74) is 2.27. The molecule has 1 amide bonds. The van der Waals surface area contributed by atoms with Crippen molar-refractivity contribution in [1.29, 1.82) is 0 Å². The quantitative estimate of drug-likeness (QED) is 0.836. The van der Waals surface area contributed by atoms with E-state index in [2.05, 4.69) is 62.1 Å². The topological polar surface area (TPSA) is 23.6 Å². The third-order valence-electron chi connectivity index (χ3n) is 7.33. The zero-order chi connectivity index (χ0) is 17.8. The molecule has 0 aromatic heterocycles. The molecule has 3 aliphatic rings. The second-order valence-corrected chi connectivity index (χ2v) is 9.10. The molecule has 0 spiro atoms. The maximum atomic E-state index is 13.3. The number of benzene rings is 1. The molecule has 3 nitrogen and oxygen atoms in total. The van der Waals surface area contributed by atoms with Crippen LogP contribution in [-0.2, 0) is 10.2 Å². The Hall–Kier alpha value is -1.35. The van der Waals surface area contributed by atoms with Gasteiger partial charge in [0.1, 0.15) is 0 Å². The number of hydrogen-bond acceptors (Lipinski definition) is 2. The van der Waals surface area contributed by atoms with Crippen LogP contribution in [0.2, 0.25) is 0 Å². The van der Waals surface area contributed by atoms with E-state index < -0.39 is 0 Å². The number of nitrogens with zero attached hydrogens (tertiary/aromatic N) is 2. The molecule has 0 bridgehead atoms. The summed E-state index contributed by atoms with van der Waals surface area (Å²) < 4.78 is 0. The Morgan fingerprint density at radius 3 is 1.92 bits per heavy atom. The van der Waals surface area contributed by atoms with Gasteiger partial charge in [-0.05, 0) is 76.9 Å².